The van der Waals surface area contributed by atoms with Crippen molar-refractivity contribution >= 4 is 52.1 Å². The largest absolute Gasteiger partial charge is 0.493 e. The summed E-state index contributed by atoms with van der Waals surface area (Å²) in [5.74, 6) is 19.1. The molecule has 8 bridgehead atoms. The summed E-state index contributed by atoms with van der Waals surface area (Å²) in [6.45, 7) is 20.6. The maximum absolute atomic E-state index is 6.85. The molecule has 10 heteroatoms. The summed E-state index contributed by atoms with van der Waals surface area (Å²) >= 11 is 0. The van der Waals surface area contributed by atoms with Gasteiger partial charge < -0.3 is 33.8 Å². The van der Waals surface area contributed by atoms with Crippen molar-refractivity contribution in [3.8, 4) is 68.9 Å². The molecule has 9 rings (SSSR count). The van der Waals surface area contributed by atoms with Crippen LogP contribution in [0.15, 0.2) is 109 Å². The number of unbranched alkanes of at least 4 members (excludes halogenated alkanes) is 4. The van der Waals surface area contributed by atoms with Crippen LogP contribution in [0.5, 0.6) is 23.0 Å². The Morgan fingerprint density at radius 1 is 0.396 bits per heavy atom. The highest BCUT2D eigenvalue weighted by Gasteiger charge is 2.22. The molecule has 4 aromatic heterocycles. The van der Waals surface area contributed by atoms with E-state index in [4.69, 9.17) is 28.9 Å². The first kappa shape index (κ1) is 66.9. The normalized spacial score (nSPS) is 12.9. The maximum atomic E-state index is 6.85. The number of H-pyrrole nitrogens is 2. The van der Waals surface area contributed by atoms with Crippen LogP contribution in [-0.2, 0) is 0 Å². The molecule has 6 heterocycles. The van der Waals surface area contributed by atoms with E-state index in [1.165, 1.54) is 25.7 Å². The van der Waals surface area contributed by atoms with Crippen LogP contribution in [0.1, 0.15) is 203 Å². The van der Waals surface area contributed by atoms with Crippen molar-refractivity contribution in [2.75, 3.05) is 45.4 Å². The Labute approximate surface area is 543 Å². The molecular formula is C81H98N6O4. The predicted octanol–water partition coefficient (Wildman–Crippen LogP) is 20.6. The maximum Gasteiger partial charge on any atom is 0.123 e. The van der Waals surface area contributed by atoms with Crippen molar-refractivity contribution in [1.29, 1.82) is 0 Å². The van der Waals surface area contributed by atoms with Gasteiger partial charge in [0.25, 0.3) is 0 Å². The predicted molar refractivity (Wildman–Crippen MR) is 382 cm³/mol. The molecule has 0 fully saturated rings. The summed E-state index contributed by atoms with van der Waals surface area (Å²) in [4.78, 5) is 25.5. The molecule has 2 aliphatic rings. The number of nitrogens with one attached hydrogen (secondary N) is 2. The quantitative estimate of drug-likeness (QED) is 0.0414. The summed E-state index contributed by atoms with van der Waals surface area (Å²) < 4.78 is 27.4. The number of fused-ring (bicyclic) bond motifs is 8. The van der Waals surface area contributed by atoms with Crippen molar-refractivity contribution in [2.24, 2.45) is 23.7 Å². The minimum Gasteiger partial charge on any atom is -0.493 e. The van der Waals surface area contributed by atoms with Crippen LogP contribution in [0, 0.1) is 47.4 Å². The van der Waals surface area contributed by atoms with Crippen LogP contribution in [0.2, 0.25) is 0 Å². The molecule has 10 nitrogen and oxygen atoms in total. The second-order valence-electron chi connectivity index (χ2n) is 25.0. The van der Waals surface area contributed by atoms with Gasteiger partial charge in [0, 0.05) is 77.6 Å². The Morgan fingerprint density at radius 3 is 1.08 bits per heavy atom. The van der Waals surface area contributed by atoms with E-state index in [9.17, 15) is 0 Å². The fraction of sp³-hybridized carbons (Fsp3) is 0.420. The molecule has 7 aromatic rings. The van der Waals surface area contributed by atoms with E-state index in [1.54, 1.807) is 12.4 Å². The number of anilines is 1. The van der Waals surface area contributed by atoms with Gasteiger partial charge in [-0.3, -0.25) is 4.98 Å². The molecule has 0 amide bonds. The Kier molecular flexibility index (Phi) is 25.1. The zero-order valence-corrected chi connectivity index (χ0v) is 56.1. The molecule has 2 N–H and O–H groups in total. The lowest BCUT2D eigenvalue weighted by Gasteiger charge is -2.19. The van der Waals surface area contributed by atoms with Gasteiger partial charge in [-0.05, 0) is 170 Å². The molecule has 0 aliphatic carbocycles. The first-order valence-electron chi connectivity index (χ1n) is 34.2. The Morgan fingerprint density at radius 2 is 0.736 bits per heavy atom. The topological polar surface area (TPSA) is 110 Å². The first-order chi connectivity index (χ1) is 44.5. The molecule has 3 aromatic carbocycles. The molecule has 2 aliphatic heterocycles. The average Bonchev–Trinajstić information content (AvgIpc) is 1.67. The number of aromatic amines is 2. The molecule has 476 valence electrons. The number of rotatable bonds is 31. The lowest BCUT2D eigenvalue weighted by molar-refractivity contribution is 0.223. The van der Waals surface area contributed by atoms with Crippen LogP contribution in [0.3, 0.4) is 0 Å². The minimum atomic E-state index is 0.436. The fourth-order valence-electron chi connectivity index (χ4n) is 11.8. The molecule has 91 heavy (non-hydrogen) atoms. The van der Waals surface area contributed by atoms with Gasteiger partial charge in [-0.1, -0.05) is 156 Å². The van der Waals surface area contributed by atoms with Crippen molar-refractivity contribution in [2.45, 2.75) is 158 Å². The van der Waals surface area contributed by atoms with E-state index >= 15 is 0 Å². The third-order valence-corrected chi connectivity index (χ3v) is 17.9. The second-order valence-corrected chi connectivity index (χ2v) is 25.0. The van der Waals surface area contributed by atoms with Crippen molar-refractivity contribution in [1.82, 2.24) is 24.9 Å². The summed E-state index contributed by atoms with van der Waals surface area (Å²) in [6.07, 6.45) is 29.9. The van der Waals surface area contributed by atoms with Gasteiger partial charge in [0.15, 0.2) is 0 Å². The summed E-state index contributed by atoms with van der Waals surface area (Å²) in [7, 11) is 4.10. The molecule has 4 atom stereocenters. The SMILES string of the molecule is CCCCC(CC)COc1cc(OCC(CC)CCCC)cc(-c2c3nc(c(C#Cc4ccc(N(C)C)cc4)c4ccc([nH]4)c(-c4cc(OCC(CC)CCCC)cc(OCC(CC)CCCC)c4)c4nc(c(C#Cc5ccncc5)c5ccc2[nH]5)C=C4)C=C3)c1. The Hall–Kier alpha value is -8.47. The van der Waals surface area contributed by atoms with E-state index in [1.807, 2.05) is 12.1 Å². The number of hydrogen-bond acceptors (Lipinski definition) is 8. The van der Waals surface area contributed by atoms with Gasteiger partial charge in [-0.2, -0.15) is 0 Å². The van der Waals surface area contributed by atoms with Gasteiger partial charge in [-0.15, -0.1) is 0 Å². The van der Waals surface area contributed by atoms with Gasteiger partial charge >= 0.3 is 0 Å². The van der Waals surface area contributed by atoms with Gasteiger partial charge in [0.05, 0.1) is 71.4 Å². The number of hydrogen-bond donors (Lipinski definition) is 2. The lowest BCUT2D eigenvalue weighted by atomic mass is 10.00. The monoisotopic (exact) mass is 1220 g/mol. The van der Waals surface area contributed by atoms with Crippen molar-refractivity contribution in [3.63, 3.8) is 0 Å². The highest BCUT2D eigenvalue weighted by atomic mass is 16.5. The third-order valence-electron chi connectivity index (χ3n) is 17.9. The Bertz CT molecular complexity index is 3710. The zero-order chi connectivity index (χ0) is 63.9. The Balaban J connectivity index is 1.34. The van der Waals surface area contributed by atoms with Crippen LogP contribution < -0.4 is 23.8 Å². The number of aromatic nitrogens is 5. The van der Waals surface area contributed by atoms with Crippen molar-refractivity contribution in [3.05, 3.63) is 154 Å². The summed E-state index contributed by atoms with van der Waals surface area (Å²) in [5, 5.41) is 0. The minimum absolute atomic E-state index is 0.436. The van der Waals surface area contributed by atoms with E-state index in [2.05, 4.69) is 222 Å². The summed E-state index contributed by atoms with van der Waals surface area (Å²) in [5.41, 5.74) is 14.2. The average molecular weight is 1220 g/mol. The molecule has 4 unspecified atom stereocenters. The van der Waals surface area contributed by atoms with E-state index in [0.717, 1.165) is 195 Å². The lowest BCUT2D eigenvalue weighted by Crippen LogP contribution is -2.12. The molecule has 0 saturated heterocycles. The second kappa shape index (κ2) is 34.1. The van der Waals surface area contributed by atoms with E-state index < -0.39 is 0 Å². The third kappa shape index (κ3) is 18.4. The van der Waals surface area contributed by atoms with Crippen molar-refractivity contribution < 1.29 is 18.9 Å². The van der Waals surface area contributed by atoms with Crippen LogP contribution in [0.4, 0.5) is 5.69 Å². The number of pyridine rings is 1. The highest BCUT2D eigenvalue weighted by Crippen LogP contribution is 2.40. The summed E-state index contributed by atoms with van der Waals surface area (Å²) in [6, 6.07) is 33.5. The molecular weight excluding hydrogens is 1120 g/mol. The smallest absolute Gasteiger partial charge is 0.123 e. The molecule has 0 radical (unpaired) electrons. The van der Waals surface area contributed by atoms with E-state index in [-0.39, 0.29) is 0 Å². The van der Waals surface area contributed by atoms with Crippen LogP contribution in [0.25, 0.3) is 68.6 Å². The number of ether oxygens (including phenoxy) is 4. The number of nitrogens with zero attached hydrogens (tertiary/aromatic N) is 4. The molecule has 0 spiro atoms. The van der Waals surface area contributed by atoms with Crippen LogP contribution in [-0.4, -0.2) is 65.4 Å². The standard InChI is InChI=1S/C81H98N6O4/c1-11-19-23-57(15-5)53-88-66-47-63(48-67(51-66)89-54-58(16-6)24-20-12-2)80-76-39-35-72(83-76)70(33-29-61-27-31-65(32-28-61)87(9)10)73-36-40-77(84-73)81(79-42-38-75(86-79)71(74-37-41-78(80)85-74)34-30-62-43-45-82-46-44-62)64-49-68(90-55-59(17-7)25-21-13-3)52-69(50-64)91-56-60(18-8)26-22-14-4/h27-28,31-32,35-52,57-60,83,86H,11-26,53-56H2,1-10H3. The first-order valence-corrected chi connectivity index (χ1v) is 34.2. The highest BCUT2D eigenvalue weighted by molar-refractivity contribution is 5.96. The molecule has 0 saturated carbocycles. The van der Waals surface area contributed by atoms with Gasteiger partial charge in [-0.25, -0.2) is 9.97 Å². The van der Waals surface area contributed by atoms with Gasteiger partial charge in [0.2, 0.25) is 0 Å². The zero-order valence-electron chi connectivity index (χ0n) is 56.1. The van der Waals surface area contributed by atoms with Crippen LogP contribution >= 0.6 is 0 Å². The van der Waals surface area contributed by atoms with E-state index in [0.29, 0.717) is 50.1 Å². The fourth-order valence-corrected chi connectivity index (χ4v) is 11.8. The number of benzene rings is 3. The van der Waals surface area contributed by atoms with Gasteiger partial charge in [0.1, 0.15) is 23.0 Å².